The average Bonchev–Trinajstić information content (AvgIpc) is 2.40. The van der Waals surface area contributed by atoms with E-state index in [9.17, 15) is 13.6 Å². The number of alkyl halides is 2. The molecule has 0 amide bonds. The van der Waals surface area contributed by atoms with Crippen LogP contribution in [0.5, 0.6) is 0 Å². The number of hydrogen-bond donors (Lipinski definition) is 0. The normalized spacial score (nSPS) is 12.7. The van der Waals surface area contributed by atoms with Gasteiger partial charge in [0.2, 0.25) is 6.43 Å². The van der Waals surface area contributed by atoms with Gasteiger partial charge in [0.05, 0.1) is 0 Å². The third-order valence-electron chi connectivity index (χ3n) is 2.84. The lowest BCUT2D eigenvalue weighted by molar-refractivity contribution is -0.143. The second-order valence-corrected chi connectivity index (χ2v) is 5.94. The van der Waals surface area contributed by atoms with Crippen LogP contribution in [0, 0.1) is 0 Å². The minimum Gasteiger partial charge on any atom is -0.465 e. The Labute approximate surface area is 119 Å². The van der Waals surface area contributed by atoms with Gasteiger partial charge in [0.15, 0.2) is 0 Å². The first-order chi connectivity index (χ1) is 9.10. The van der Waals surface area contributed by atoms with Crippen molar-refractivity contribution in [2.75, 3.05) is 12.4 Å². The number of carbonyl (C=O) groups excluding carboxylic acids is 1. The first kappa shape index (κ1) is 18.7. The molecule has 0 saturated heterocycles. The maximum Gasteiger partial charge on any atom is 0.305 e. The second-order valence-electron chi connectivity index (χ2n) is 4.53. The second kappa shape index (κ2) is 12.7. The quantitative estimate of drug-likeness (QED) is 0.387. The third-order valence-corrected chi connectivity index (χ3v) is 4.31. The van der Waals surface area contributed by atoms with Crippen LogP contribution in [0.2, 0.25) is 0 Å². The Balaban J connectivity index is 3.43. The van der Waals surface area contributed by atoms with Gasteiger partial charge in [-0.05, 0) is 25.0 Å². The number of thioether (sulfide) groups is 1. The van der Waals surface area contributed by atoms with Crippen molar-refractivity contribution in [1.82, 2.24) is 0 Å². The molecule has 0 aromatic carbocycles. The Hall–Kier alpha value is -0.320. The molecule has 1 atom stereocenters. The van der Waals surface area contributed by atoms with Gasteiger partial charge in [-0.3, -0.25) is 4.79 Å². The molecule has 0 rings (SSSR count). The Morgan fingerprint density at radius 2 is 1.84 bits per heavy atom. The Kier molecular flexibility index (Phi) is 12.5. The summed E-state index contributed by atoms with van der Waals surface area (Å²) >= 11 is 1.81. The van der Waals surface area contributed by atoms with Crippen molar-refractivity contribution in [3.05, 3.63) is 0 Å². The fraction of sp³-hybridized carbons (Fsp3) is 0.929. The Morgan fingerprint density at radius 1 is 1.16 bits per heavy atom. The average molecular weight is 296 g/mol. The highest BCUT2D eigenvalue weighted by Crippen LogP contribution is 2.18. The number of hydrogen-bond acceptors (Lipinski definition) is 3. The summed E-state index contributed by atoms with van der Waals surface area (Å²) in [5, 5.41) is 0.358. The standard InChI is InChI=1S/C14H26F2O2S/c1-3-12(11-18-14(17)4-2)19-10-8-6-5-7-9-13(15)16/h12-13H,3-11H2,1-2H3. The summed E-state index contributed by atoms with van der Waals surface area (Å²) in [4.78, 5) is 11.0. The van der Waals surface area contributed by atoms with Crippen molar-refractivity contribution in [3.8, 4) is 0 Å². The minimum absolute atomic E-state index is 0.0255. The van der Waals surface area contributed by atoms with Crippen LogP contribution in [-0.2, 0) is 9.53 Å². The lowest BCUT2D eigenvalue weighted by atomic mass is 10.2. The molecule has 0 aromatic rings. The van der Waals surface area contributed by atoms with Crippen LogP contribution in [0.25, 0.3) is 0 Å². The van der Waals surface area contributed by atoms with Crippen LogP contribution in [0.1, 0.15) is 58.8 Å². The van der Waals surface area contributed by atoms with Gasteiger partial charge in [-0.1, -0.05) is 26.7 Å². The molecule has 0 aliphatic rings. The van der Waals surface area contributed by atoms with Crippen LogP contribution in [-0.4, -0.2) is 30.0 Å². The van der Waals surface area contributed by atoms with Crippen LogP contribution in [0.15, 0.2) is 0 Å². The maximum absolute atomic E-state index is 11.9. The SMILES string of the molecule is CCC(=O)OCC(CC)SCCCCCCC(F)F. The maximum atomic E-state index is 11.9. The molecule has 0 spiro atoms. The van der Waals surface area contributed by atoms with Crippen LogP contribution in [0.3, 0.4) is 0 Å². The highest BCUT2D eigenvalue weighted by Gasteiger charge is 2.09. The molecule has 0 aliphatic heterocycles. The van der Waals surface area contributed by atoms with Crippen molar-refractivity contribution in [1.29, 1.82) is 0 Å². The van der Waals surface area contributed by atoms with E-state index in [1.54, 1.807) is 6.92 Å². The van der Waals surface area contributed by atoms with E-state index in [0.29, 0.717) is 24.7 Å². The first-order valence-corrected chi connectivity index (χ1v) is 8.20. The summed E-state index contributed by atoms with van der Waals surface area (Å²) in [6.07, 6.45) is 2.82. The van der Waals surface area contributed by atoms with Crippen molar-refractivity contribution in [2.45, 2.75) is 70.5 Å². The molecule has 0 radical (unpaired) electrons. The smallest absolute Gasteiger partial charge is 0.305 e. The van der Waals surface area contributed by atoms with Crippen LogP contribution < -0.4 is 0 Å². The molecule has 0 N–H and O–H groups in total. The monoisotopic (exact) mass is 296 g/mol. The summed E-state index contributed by atoms with van der Waals surface area (Å²) in [5.41, 5.74) is 0. The molecule has 1 unspecified atom stereocenters. The number of ether oxygens (including phenoxy) is 1. The van der Waals surface area contributed by atoms with Crippen LogP contribution in [0.4, 0.5) is 8.78 Å². The van der Waals surface area contributed by atoms with Crippen molar-refractivity contribution >= 4 is 17.7 Å². The summed E-state index contributed by atoms with van der Waals surface area (Å²) in [5.74, 6) is 0.864. The minimum atomic E-state index is -2.16. The number of esters is 1. The molecule has 19 heavy (non-hydrogen) atoms. The first-order valence-electron chi connectivity index (χ1n) is 7.15. The van der Waals surface area contributed by atoms with E-state index in [0.717, 1.165) is 31.4 Å². The highest BCUT2D eigenvalue weighted by atomic mass is 32.2. The summed E-state index contributed by atoms with van der Waals surface area (Å²) in [6.45, 7) is 4.36. The summed E-state index contributed by atoms with van der Waals surface area (Å²) in [7, 11) is 0. The number of halogens is 2. The zero-order chi connectivity index (χ0) is 14.5. The van der Waals surface area contributed by atoms with Gasteiger partial charge in [-0.15, -0.1) is 0 Å². The van der Waals surface area contributed by atoms with E-state index in [2.05, 4.69) is 6.92 Å². The predicted octanol–water partition coefficient (Wildman–Crippen LogP) is 4.67. The lowest BCUT2D eigenvalue weighted by Gasteiger charge is -2.14. The fourth-order valence-electron chi connectivity index (χ4n) is 1.58. The topological polar surface area (TPSA) is 26.3 Å². The van der Waals surface area contributed by atoms with Crippen molar-refractivity contribution < 1.29 is 18.3 Å². The molecule has 0 heterocycles. The van der Waals surface area contributed by atoms with Gasteiger partial charge in [0.25, 0.3) is 0 Å². The van der Waals surface area contributed by atoms with E-state index in [1.165, 1.54) is 0 Å². The van der Waals surface area contributed by atoms with Gasteiger partial charge in [0, 0.05) is 18.1 Å². The van der Waals surface area contributed by atoms with E-state index < -0.39 is 6.43 Å². The Morgan fingerprint density at radius 3 is 2.42 bits per heavy atom. The van der Waals surface area contributed by atoms with Gasteiger partial charge >= 0.3 is 5.97 Å². The van der Waals surface area contributed by atoms with Gasteiger partial charge < -0.3 is 4.74 Å². The fourth-order valence-corrected chi connectivity index (χ4v) is 2.68. The van der Waals surface area contributed by atoms with Gasteiger partial charge in [-0.25, -0.2) is 8.78 Å². The lowest BCUT2D eigenvalue weighted by Crippen LogP contribution is -2.15. The summed E-state index contributed by atoms with van der Waals surface area (Å²) in [6, 6.07) is 0. The van der Waals surface area contributed by atoms with Gasteiger partial charge in [-0.2, -0.15) is 11.8 Å². The molecule has 0 aliphatic carbocycles. The Bertz CT molecular complexity index is 225. The highest BCUT2D eigenvalue weighted by molar-refractivity contribution is 7.99. The van der Waals surface area contributed by atoms with Crippen molar-refractivity contribution in [3.63, 3.8) is 0 Å². The molecule has 2 nitrogen and oxygen atoms in total. The molecule has 0 bridgehead atoms. The predicted molar refractivity (Wildman–Crippen MR) is 76.9 cm³/mol. The van der Waals surface area contributed by atoms with Crippen LogP contribution >= 0.6 is 11.8 Å². The van der Waals surface area contributed by atoms with E-state index >= 15 is 0 Å². The number of carbonyl (C=O) groups is 1. The molecule has 114 valence electrons. The number of rotatable bonds is 12. The van der Waals surface area contributed by atoms with E-state index in [-0.39, 0.29) is 12.4 Å². The van der Waals surface area contributed by atoms with Gasteiger partial charge in [0.1, 0.15) is 6.61 Å². The molecule has 0 saturated carbocycles. The summed E-state index contributed by atoms with van der Waals surface area (Å²) < 4.78 is 28.9. The number of unbranched alkanes of at least 4 members (excludes halogenated alkanes) is 3. The molecular weight excluding hydrogens is 270 g/mol. The van der Waals surface area contributed by atoms with Crippen molar-refractivity contribution in [2.24, 2.45) is 0 Å². The zero-order valence-electron chi connectivity index (χ0n) is 12.0. The molecule has 0 fully saturated rings. The third kappa shape index (κ3) is 12.5. The molecule has 5 heteroatoms. The zero-order valence-corrected chi connectivity index (χ0v) is 12.8. The molecule has 0 aromatic heterocycles. The van der Waals surface area contributed by atoms with E-state index in [1.807, 2.05) is 11.8 Å². The molecular formula is C14H26F2O2S. The van der Waals surface area contributed by atoms with E-state index in [4.69, 9.17) is 4.74 Å². The largest absolute Gasteiger partial charge is 0.465 e.